The van der Waals surface area contributed by atoms with Gasteiger partial charge in [-0.05, 0) is 31.5 Å². The smallest absolute Gasteiger partial charge is 0.0558 e. The molecule has 0 radical (unpaired) electrons. The maximum atomic E-state index is 9.07. The Morgan fingerprint density at radius 3 is 2.65 bits per heavy atom. The molecular weight excluding hydrogens is 280 g/mol. The highest BCUT2D eigenvalue weighted by atomic mass is 79.9. The summed E-state index contributed by atoms with van der Waals surface area (Å²) >= 11 is 3.46. The van der Waals surface area contributed by atoms with E-state index in [2.05, 4.69) is 33.0 Å². The first-order valence-electron chi connectivity index (χ1n) is 5.77. The van der Waals surface area contributed by atoms with E-state index in [9.17, 15) is 0 Å². The van der Waals surface area contributed by atoms with Gasteiger partial charge in [-0.2, -0.15) is 0 Å². The summed E-state index contributed by atoms with van der Waals surface area (Å²) in [5, 5.41) is 9.07. The number of halogens is 1. The van der Waals surface area contributed by atoms with Crippen molar-refractivity contribution in [2.45, 2.75) is 25.9 Å². The third-order valence-corrected chi connectivity index (χ3v) is 2.84. The van der Waals surface area contributed by atoms with E-state index in [0.717, 1.165) is 17.6 Å². The average Bonchev–Trinajstić information content (AvgIpc) is 2.15. The van der Waals surface area contributed by atoms with Gasteiger partial charge in [-0.1, -0.05) is 28.1 Å². The van der Waals surface area contributed by atoms with Gasteiger partial charge in [0, 0.05) is 29.6 Å². The van der Waals surface area contributed by atoms with Crippen LogP contribution < -0.4 is 5.73 Å². The van der Waals surface area contributed by atoms with E-state index >= 15 is 0 Å². The second-order valence-electron chi connectivity index (χ2n) is 5.05. The summed E-state index contributed by atoms with van der Waals surface area (Å²) in [5.41, 5.74) is 6.99. The molecule has 0 fully saturated rings. The fraction of sp³-hybridized carbons (Fsp3) is 0.538. The van der Waals surface area contributed by atoms with Gasteiger partial charge in [0.05, 0.1) is 6.61 Å². The molecule has 3 nitrogen and oxygen atoms in total. The van der Waals surface area contributed by atoms with Gasteiger partial charge < -0.3 is 10.8 Å². The summed E-state index contributed by atoms with van der Waals surface area (Å²) in [4.78, 5) is 2.17. The third-order valence-electron chi connectivity index (χ3n) is 2.34. The van der Waals surface area contributed by atoms with E-state index in [0.29, 0.717) is 6.54 Å². The molecule has 1 aromatic carbocycles. The van der Waals surface area contributed by atoms with Crippen LogP contribution in [0.1, 0.15) is 19.4 Å². The van der Waals surface area contributed by atoms with Gasteiger partial charge in [0.1, 0.15) is 0 Å². The molecule has 0 aliphatic heterocycles. The molecular formula is C13H21BrN2O. The Morgan fingerprint density at radius 1 is 1.41 bits per heavy atom. The van der Waals surface area contributed by atoms with Crippen LogP contribution >= 0.6 is 15.9 Å². The molecule has 17 heavy (non-hydrogen) atoms. The lowest BCUT2D eigenvalue weighted by atomic mass is 10.1. The summed E-state index contributed by atoms with van der Waals surface area (Å²) in [6.07, 6.45) is 0. The molecule has 0 heterocycles. The lowest BCUT2D eigenvalue weighted by Gasteiger charge is -2.29. The number of benzene rings is 1. The first-order valence-corrected chi connectivity index (χ1v) is 6.56. The lowest BCUT2D eigenvalue weighted by Crippen LogP contribution is -2.45. The highest BCUT2D eigenvalue weighted by Gasteiger charge is 2.16. The van der Waals surface area contributed by atoms with Crippen LogP contribution in [0.25, 0.3) is 0 Å². The zero-order valence-electron chi connectivity index (χ0n) is 10.5. The van der Waals surface area contributed by atoms with E-state index in [1.54, 1.807) is 0 Å². The Bertz CT molecular complexity index is 350. The molecule has 0 saturated carbocycles. The van der Waals surface area contributed by atoms with E-state index in [4.69, 9.17) is 10.8 Å². The van der Waals surface area contributed by atoms with Crippen LogP contribution in [0, 0.1) is 0 Å². The van der Waals surface area contributed by atoms with Crippen molar-refractivity contribution in [1.29, 1.82) is 0 Å². The largest absolute Gasteiger partial charge is 0.395 e. The van der Waals surface area contributed by atoms with Gasteiger partial charge in [-0.15, -0.1) is 0 Å². The molecule has 0 aromatic heterocycles. The SMILES string of the molecule is CC(C)(N)CN(CCO)Cc1cccc(Br)c1. The zero-order chi connectivity index (χ0) is 12.9. The van der Waals surface area contributed by atoms with Crippen molar-refractivity contribution in [1.82, 2.24) is 4.90 Å². The van der Waals surface area contributed by atoms with Crippen molar-refractivity contribution in [2.75, 3.05) is 19.7 Å². The third kappa shape index (κ3) is 6.17. The van der Waals surface area contributed by atoms with Crippen LogP contribution in [0.15, 0.2) is 28.7 Å². The second kappa shape index (κ2) is 6.50. The molecule has 0 bridgehead atoms. The fourth-order valence-corrected chi connectivity index (χ4v) is 2.27. The molecule has 0 unspecified atom stereocenters. The average molecular weight is 301 g/mol. The molecule has 96 valence electrons. The molecule has 0 aliphatic rings. The lowest BCUT2D eigenvalue weighted by molar-refractivity contribution is 0.166. The number of hydrogen-bond acceptors (Lipinski definition) is 3. The Kier molecular flexibility index (Phi) is 5.59. The first kappa shape index (κ1) is 14.6. The number of nitrogens with zero attached hydrogens (tertiary/aromatic N) is 1. The summed E-state index contributed by atoms with van der Waals surface area (Å²) in [6.45, 7) is 6.37. The highest BCUT2D eigenvalue weighted by Crippen LogP contribution is 2.14. The Balaban J connectivity index is 2.66. The van der Waals surface area contributed by atoms with Crippen LogP contribution in [-0.4, -0.2) is 35.2 Å². The molecule has 0 saturated heterocycles. The predicted octanol–water partition coefficient (Wildman–Crippen LogP) is 1.98. The molecule has 3 N–H and O–H groups in total. The number of aliphatic hydroxyl groups excluding tert-OH is 1. The van der Waals surface area contributed by atoms with Crippen molar-refractivity contribution in [3.63, 3.8) is 0 Å². The molecule has 0 amide bonds. The maximum Gasteiger partial charge on any atom is 0.0558 e. The van der Waals surface area contributed by atoms with Crippen molar-refractivity contribution in [3.8, 4) is 0 Å². The first-order chi connectivity index (χ1) is 7.90. The van der Waals surface area contributed by atoms with Gasteiger partial charge in [0.2, 0.25) is 0 Å². The van der Waals surface area contributed by atoms with E-state index < -0.39 is 0 Å². The molecule has 0 spiro atoms. The van der Waals surface area contributed by atoms with Crippen LogP contribution in [0.5, 0.6) is 0 Å². The normalized spacial score (nSPS) is 12.1. The van der Waals surface area contributed by atoms with E-state index in [1.807, 2.05) is 26.0 Å². The highest BCUT2D eigenvalue weighted by molar-refractivity contribution is 9.10. The number of aliphatic hydroxyl groups is 1. The van der Waals surface area contributed by atoms with Crippen LogP contribution in [0.3, 0.4) is 0 Å². The van der Waals surface area contributed by atoms with E-state index in [1.165, 1.54) is 5.56 Å². The maximum absolute atomic E-state index is 9.07. The molecule has 4 heteroatoms. The number of rotatable bonds is 6. The Labute approximate surface area is 112 Å². The van der Waals surface area contributed by atoms with Gasteiger partial charge in [0.25, 0.3) is 0 Å². The minimum absolute atomic E-state index is 0.157. The van der Waals surface area contributed by atoms with E-state index in [-0.39, 0.29) is 12.1 Å². The summed E-state index contributed by atoms with van der Waals surface area (Å²) in [6, 6.07) is 8.20. The summed E-state index contributed by atoms with van der Waals surface area (Å²) in [7, 11) is 0. The van der Waals surface area contributed by atoms with Crippen LogP contribution in [-0.2, 0) is 6.54 Å². The molecule has 0 atom stereocenters. The molecule has 1 rings (SSSR count). The zero-order valence-corrected chi connectivity index (χ0v) is 12.1. The minimum Gasteiger partial charge on any atom is -0.395 e. The second-order valence-corrected chi connectivity index (χ2v) is 5.97. The summed E-state index contributed by atoms with van der Waals surface area (Å²) < 4.78 is 1.07. The van der Waals surface area contributed by atoms with Crippen LogP contribution in [0.4, 0.5) is 0 Å². The summed E-state index contributed by atoms with van der Waals surface area (Å²) in [5.74, 6) is 0. The van der Waals surface area contributed by atoms with Crippen molar-refractivity contribution >= 4 is 15.9 Å². The molecule has 1 aromatic rings. The van der Waals surface area contributed by atoms with Crippen LogP contribution in [0.2, 0.25) is 0 Å². The van der Waals surface area contributed by atoms with Crippen molar-refractivity contribution in [2.24, 2.45) is 5.73 Å². The van der Waals surface area contributed by atoms with Gasteiger partial charge in [0.15, 0.2) is 0 Å². The van der Waals surface area contributed by atoms with Gasteiger partial charge in [-0.25, -0.2) is 0 Å². The standard InChI is InChI=1S/C13H21BrN2O/c1-13(2,15)10-16(6-7-17)9-11-4-3-5-12(14)8-11/h3-5,8,17H,6-7,9-10,15H2,1-2H3. The monoisotopic (exact) mass is 300 g/mol. The van der Waals surface area contributed by atoms with Crippen molar-refractivity contribution in [3.05, 3.63) is 34.3 Å². The Hall–Kier alpha value is -0.420. The fourth-order valence-electron chi connectivity index (χ4n) is 1.83. The number of hydrogen-bond donors (Lipinski definition) is 2. The number of nitrogens with two attached hydrogens (primary N) is 1. The quantitative estimate of drug-likeness (QED) is 0.845. The van der Waals surface area contributed by atoms with Crippen molar-refractivity contribution < 1.29 is 5.11 Å². The minimum atomic E-state index is -0.249. The predicted molar refractivity (Wildman–Crippen MR) is 74.8 cm³/mol. The Morgan fingerprint density at radius 2 is 2.12 bits per heavy atom. The topological polar surface area (TPSA) is 49.5 Å². The van der Waals surface area contributed by atoms with Gasteiger partial charge >= 0.3 is 0 Å². The van der Waals surface area contributed by atoms with Gasteiger partial charge in [-0.3, -0.25) is 4.90 Å². The molecule has 0 aliphatic carbocycles.